The molecule has 0 spiro atoms. The molecule has 1 heterocycles. The molecular formula is C13H8F3N3O. The van der Waals surface area contributed by atoms with Gasteiger partial charge in [-0.25, -0.2) is 18.6 Å². The number of hydrogen-bond acceptors (Lipinski definition) is 3. The fourth-order valence-corrected chi connectivity index (χ4v) is 1.37. The van der Waals surface area contributed by atoms with Crippen LogP contribution in [-0.2, 0) is 0 Å². The van der Waals surface area contributed by atoms with E-state index in [-0.39, 0.29) is 5.56 Å². The van der Waals surface area contributed by atoms with Crippen molar-refractivity contribution in [1.29, 1.82) is 0 Å². The van der Waals surface area contributed by atoms with Crippen molar-refractivity contribution in [2.75, 3.05) is 0 Å². The van der Waals surface area contributed by atoms with Gasteiger partial charge in [-0.05, 0) is 18.2 Å². The van der Waals surface area contributed by atoms with Crippen molar-refractivity contribution in [3.05, 3.63) is 65.2 Å². The van der Waals surface area contributed by atoms with Crippen molar-refractivity contribution in [2.45, 2.75) is 0 Å². The monoisotopic (exact) mass is 279 g/mol. The minimum atomic E-state index is -1.29. The van der Waals surface area contributed by atoms with Gasteiger partial charge in [0.15, 0.2) is 11.6 Å². The van der Waals surface area contributed by atoms with Crippen LogP contribution in [0.4, 0.5) is 13.2 Å². The number of halogens is 3. The first-order valence-electron chi connectivity index (χ1n) is 5.46. The van der Waals surface area contributed by atoms with Gasteiger partial charge in [-0.3, -0.25) is 9.78 Å². The van der Waals surface area contributed by atoms with Gasteiger partial charge >= 0.3 is 0 Å². The van der Waals surface area contributed by atoms with E-state index in [2.05, 4.69) is 15.5 Å². The van der Waals surface area contributed by atoms with E-state index < -0.39 is 23.4 Å². The molecule has 0 unspecified atom stereocenters. The molecule has 2 aromatic rings. The van der Waals surface area contributed by atoms with Crippen LogP contribution in [0.5, 0.6) is 0 Å². The van der Waals surface area contributed by atoms with Crippen molar-refractivity contribution in [2.24, 2.45) is 5.10 Å². The van der Waals surface area contributed by atoms with Gasteiger partial charge < -0.3 is 0 Å². The average molecular weight is 279 g/mol. The van der Waals surface area contributed by atoms with Crippen LogP contribution in [-0.4, -0.2) is 17.1 Å². The van der Waals surface area contributed by atoms with E-state index in [0.29, 0.717) is 17.7 Å². The molecule has 1 aromatic carbocycles. The summed E-state index contributed by atoms with van der Waals surface area (Å²) in [6.45, 7) is 0. The summed E-state index contributed by atoms with van der Waals surface area (Å²) in [5.74, 6) is -4.01. The fourth-order valence-electron chi connectivity index (χ4n) is 1.37. The van der Waals surface area contributed by atoms with Crippen molar-refractivity contribution in [3.63, 3.8) is 0 Å². The fraction of sp³-hybridized carbons (Fsp3) is 0. The molecule has 4 nitrogen and oxygen atoms in total. The molecular weight excluding hydrogens is 271 g/mol. The molecule has 1 aromatic heterocycles. The molecule has 0 aliphatic rings. The molecule has 20 heavy (non-hydrogen) atoms. The highest BCUT2D eigenvalue weighted by molar-refractivity contribution is 5.94. The first-order valence-corrected chi connectivity index (χ1v) is 5.46. The van der Waals surface area contributed by atoms with Crippen LogP contribution in [0.25, 0.3) is 0 Å². The smallest absolute Gasteiger partial charge is 0.267 e. The number of nitrogens with one attached hydrogen (secondary N) is 1. The van der Waals surface area contributed by atoms with Crippen LogP contribution in [0, 0.1) is 17.5 Å². The standard InChI is InChI=1S/C13H8F3N3O/c14-10-6-12(16)11(15)5-9(10)7-18-19-13(20)8-1-3-17-4-2-8/h1-7H,(H,19,20)/b18-7+. The third kappa shape index (κ3) is 3.19. The topological polar surface area (TPSA) is 54.4 Å². The van der Waals surface area contributed by atoms with E-state index in [4.69, 9.17) is 0 Å². The van der Waals surface area contributed by atoms with Crippen molar-refractivity contribution in [1.82, 2.24) is 10.4 Å². The van der Waals surface area contributed by atoms with Gasteiger partial charge in [-0.1, -0.05) is 0 Å². The average Bonchev–Trinajstić information content (AvgIpc) is 2.45. The molecule has 0 bridgehead atoms. The number of rotatable bonds is 3. The highest BCUT2D eigenvalue weighted by Crippen LogP contribution is 2.11. The molecule has 1 amide bonds. The summed E-state index contributed by atoms with van der Waals surface area (Å²) in [5, 5.41) is 3.48. The number of amides is 1. The Labute approximate surface area is 112 Å². The summed E-state index contributed by atoms with van der Waals surface area (Å²) < 4.78 is 38.9. The summed E-state index contributed by atoms with van der Waals surface area (Å²) in [7, 11) is 0. The molecule has 1 N–H and O–H groups in total. The summed E-state index contributed by atoms with van der Waals surface area (Å²) in [6, 6.07) is 3.97. The molecule has 2 rings (SSSR count). The van der Waals surface area contributed by atoms with E-state index >= 15 is 0 Å². The number of pyridine rings is 1. The molecule has 0 radical (unpaired) electrons. The Kier molecular flexibility index (Phi) is 4.09. The Balaban J connectivity index is 2.08. The van der Waals surface area contributed by atoms with E-state index in [1.807, 2.05) is 0 Å². The van der Waals surface area contributed by atoms with Gasteiger partial charge in [0.05, 0.1) is 6.21 Å². The van der Waals surface area contributed by atoms with Gasteiger partial charge in [0, 0.05) is 29.6 Å². The molecule has 102 valence electrons. The van der Waals surface area contributed by atoms with E-state index in [1.54, 1.807) is 0 Å². The lowest BCUT2D eigenvalue weighted by Crippen LogP contribution is -2.17. The number of carbonyl (C=O) groups excluding carboxylic acids is 1. The second kappa shape index (κ2) is 5.96. The van der Waals surface area contributed by atoms with Crippen LogP contribution in [0.15, 0.2) is 41.8 Å². The Morgan fingerprint density at radius 3 is 2.45 bits per heavy atom. The van der Waals surface area contributed by atoms with Crippen molar-refractivity contribution >= 4 is 12.1 Å². The van der Waals surface area contributed by atoms with Crippen LogP contribution in [0.3, 0.4) is 0 Å². The summed E-state index contributed by atoms with van der Waals surface area (Å²) in [4.78, 5) is 15.3. The maximum absolute atomic E-state index is 13.3. The molecule has 0 aliphatic carbocycles. The second-order valence-corrected chi connectivity index (χ2v) is 3.72. The van der Waals surface area contributed by atoms with Crippen molar-refractivity contribution < 1.29 is 18.0 Å². The van der Waals surface area contributed by atoms with E-state index in [9.17, 15) is 18.0 Å². The lowest BCUT2D eigenvalue weighted by atomic mass is 10.2. The van der Waals surface area contributed by atoms with E-state index in [1.165, 1.54) is 24.5 Å². The van der Waals surface area contributed by atoms with Crippen molar-refractivity contribution in [3.8, 4) is 0 Å². The lowest BCUT2D eigenvalue weighted by molar-refractivity contribution is 0.0955. The molecule has 7 heteroatoms. The van der Waals surface area contributed by atoms with Gasteiger partial charge in [0.2, 0.25) is 0 Å². The molecule has 0 saturated carbocycles. The zero-order valence-corrected chi connectivity index (χ0v) is 9.98. The normalized spacial score (nSPS) is 10.8. The third-order valence-electron chi connectivity index (χ3n) is 2.35. The maximum atomic E-state index is 13.3. The van der Waals surface area contributed by atoms with Gasteiger partial charge in [-0.15, -0.1) is 0 Å². The zero-order chi connectivity index (χ0) is 14.5. The van der Waals surface area contributed by atoms with Gasteiger partial charge in [0.25, 0.3) is 5.91 Å². The number of nitrogens with zero attached hydrogens (tertiary/aromatic N) is 2. The minimum Gasteiger partial charge on any atom is -0.267 e. The number of hydrazone groups is 1. The summed E-state index contributed by atoms with van der Waals surface area (Å²) in [6.07, 6.45) is 3.73. The minimum absolute atomic E-state index is 0.279. The number of aromatic nitrogens is 1. The Hall–Kier alpha value is -2.70. The van der Waals surface area contributed by atoms with Crippen LogP contribution >= 0.6 is 0 Å². The predicted molar refractivity (Wildman–Crippen MR) is 65.6 cm³/mol. The van der Waals surface area contributed by atoms with E-state index in [0.717, 1.165) is 6.21 Å². The zero-order valence-electron chi connectivity index (χ0n) is 9.98. The Morgan fingerprint density at radius 2 is 1.75 bits per heavy atom. The van der Waals surface area contributed by atoms with Gasteiger partial charge in [-0.2, -0.15) is 5.10 Å². The predicted octanol–water partition coefficient (Wildman–Crippen LogP) is 2.26. The lowest BCUT2D eigenvalue weighted by Gasteiger charge is -2.00. The number of carbonyl (C=O) groups is 1. The summed E-state index contributed by atoms with van der Waals surface area (Å²) >= 11 is 0. The largest absolute Gasteiger partial charge is 0.271 e. The number of hydrogen-bond donors (Lipinski definition) is 1. The first-order chi connectivity index (χ1) is 9.58. The second-order valence-electron chi connectivity index (χ2n) is 3.72. The molecule has 0 atom stereocenters. The van der Waals surface area contributed by atoms with Crippen LogP contribution < -0.4 is 5.43 Å². The first kappa shape index (κ1) is 13.7. The molecule has 0 saturated heterocycles. The molecule has 0 aliphatic heterocycles. The Bertz CT molecular complexity index is 659. The maximum Gasteiger partial charge on any atom is 0.271 e. The SMILES string of the molecule is O=C(N/N=C/c1cc(F)c(F)cc1F)c1ccncc1. The highest BCUT2D eigenvalue weighted by atomic mass is 19.2. The van der Waals surface area contributed by atoms with Crippen LogP contribution in [0.1, 0.15) is 15.9 Å². The third-order valence-corrected chi connectivity index (χ3v) is 2.35. The Morgan fingerprint density at radius 1 is 1.10 bits per heavy atom. The van der Waals surface area contributed by atoms with Crippen LogP contribution in [0.2, 0.25) is 0 Å². The molecule has 0 fully saturated rings. The number of benzene rings is 1. The summed E-state index contributed by atoms with van der Waals surface area (Å²) in [5.41, 5.74) is 2.16. The quantitative estimate of drug-likeness (QED) is 0.532. The highest BCUT2D eigenvalue weighted by Gasteiger charge is 2.08. The van der Waals surface area contributed by atoms with Gasteiger partial charge in [0.1, 0.15) is 5.82 Å².